The van der Waals surface area contributed by atoms with Crippen LogP contribution < -0.4 is 5.32 Å². The quantitative estimate of drug-likeness (QED) is 0.445. The minimum absolute atomic E-state index is 0.0109. The number of anilines is 1. The molecule has 1 N–H and O–H groups in total. The van der Waals surface area contributed by atoms with Crippen molar-refractivity contribution in [2.45, 2.75) is 75.9 Å². The van der Waals surface area contributed by atoms with Gasteiger partial charge in [0.1, 0.15) is 0 Å². The lowest BCUT2D eigenvalue weighted by atomic mass is 9.78. The van der Waals surface area contributed by atoms with Gasteiger partial charge in [-0.2, -0.15) is 13.2 Å². The highest BCUT2D eigenvalue weighted by Gasteiger charge is 2.46. The standard InChI is InChI=1S/C29H37F3N2O3S/c1-4-38(36,37)25-15-5-20(6-16-25)17-27(35)33-23-11-7-21(8-12-23)26-18-34(19-28(26,2)3)24-13-9-22(10-14-24)29(30,31)32/h5-8,11-12,15-16,22,24,26H,4,9-10,13-14,17-19H2,1-3H3,(H,33,35). The Morgan fingerprint density at radius 2 is 1.61 bits per heavy atom. The summed E-state index contributed by atoms with van der Waals surface area (Å²) in [5.74, 6) is -1.07. The summed E-state index contributed by atoms with van der Waals surface area (Å²) in [7, 11) is -3.27. The zero-order valence-electron chi connectivity index (χ0n) is 22.2. The van der Waals surface area contributed by atoms with Crippen molar-refractivity contribution in [1.29, 1.82) is 0 Å². The monoisotopic (exact) mass is 550 g/mol. The Hall–Kier alpha value is -2.39. The molecule has 1 heterocycles. The largest absolute Gasteiger partial charge is 0.391 e. The second-order valence-electron chi connectivity index (χ2n) is 11.4. The number of amides is 1. The predicted octanol–water partition coefficient (Wildman–Crippen LogP) is 6.21. The van der Waals surface area contributed by atoms with Crippen molar-refractivity contribution < 1.29 is 26.4 Å². The molecule has 0 radical (unpaired) electrons. The van der Waals surface area contributed by atoms with Crippen molar-refractivity contribution in [1.82, 2.24) is 4.90 Å². The molecule has 1 saturated heterocycles. The van der Waals surface area contributed by atoms with Crippen molar-refractivity contribution in [3.8, 4) is 0 Å². The van der Waals surface area contributed by atoms with E-state index in [2.05, 4.69) is 24.1 Å². The summed E-state index contributed by atoms with van der Waals surface area (Å²) < 4.78 is 63.2. The van der Waals surface area contributed by atoms with E-state index in [9.17, 15) is 26.4 Å². The fraction of sp³-hybridized carbons (Fsp3) is 0.552. The second-order valence-corrected chi connectivity index (χ2v) is 13.7. The minimum Gasteiger partial charge on any atom is -0.326 e. The van der Waals surface area contributed by atoms with Crippen LogP contribution in [0.5, 0.6) is 0 Å². The van der Waals surface area contributed by atoms with Crippen LogP contribution in [0.15, 0.2) is 53.4 Å². The van der Waals surface area contributed by atoms with Gasteiger partial charge in [-0.3, -0.25) is 9.69 Å². The van der Waals surface area contributed by atoms with Crippen LogP contribution in [0.25, 0.3) is 0 Å². The fourth-order valence-electron chi connectivity index (χ4n) is 5.95. The topological polar surface area (TPSA) is 66.5 Å². The maximum Gasteiger partial charge on any atom is 0.391 e. The smallest absolute Gasteiger partial charge is 0.326 e. The Labute approximate surface area is 223 Å². The Bertz CT molecular complexity index is 1220. The first-order chi connectivity index (χ1) is 17.8. The van der Waals surface area contributed by atoms with E-state index in [-0.39, 0.29) is 53.2 Å². The number of carbonyl (C=O) groups excluding carboxylic acids is 1. The lowest BCUT2D eigenvalue weighted by Crippen LogP contribution is -2.39. The molecule has 9 heteroatoms. The Kier molecular flexibility index (Phi) is 8.28. The average molecular weight is 551 g/mol. The van der Waals surface area contributed by atoms with Crippen LogP contribution >= 0.6 is 0 Å². The van der Waals surface area contributed by atoms with Gasteiger partial charge < -0.3 is 5.32 Å². The summed E-state index contributed by atoms with van der Waals surface area (Å²) in [6, 6.07) is 14.4. The van der Waals surface area contributed by atoms with Gasteiger partial charge >= 0.3 is 6.18 Å². The molecule has 1 amide bonds. The van der Waals surface area contributed by atoms with Gasteiger partial charge in [-0.1, -0.05) is 45.0 Å². The number of hydrogen-bond acceptors (Lipinski definition) is 4. The zero-order valence-corrected chi connectivity index (χ0v) is 23.0. The van der Waals surface area contributed by atoms with Crippen LogP contribution in [0.2, 0.25) is 0 Å². The van der Waals surface area contributed by atoms with Gasteiger partial charge in [0.05, 0.1) is 23.0 Å². The average Bonchev–Trinajstić information content (AvgIpc) is 3.19. The van der Waals surface area contributed by atoms with Crippen molar-refractivity contribution in [2.24, 2.45) is 11.3 Å². The van der Waals surface area contributed by atoms with Gasteiger partial charge in [0.15, 0.2) is 9.84 Å². The van der Waals surface area contributed by atoms with Crippen LogP contribution in [0.1, 0.15) is 63.5 Å². The molecule has 1 unspecified atom stereocenters. The maximum atomic E-state index is 13.1. The van der Waals surface area contributed by atoms with E-state index in [1.807, 2.05) is 24.3 Å². The van der Waals surface area contributed by atoms with Crippen molar-refractivity contribution >= 4 is 21.4 Å². The lowest BCUT2D eigenvalue weighted by Gasteiger charge is -2.35. The van der Waals surface area contributed by atoms with Gasteiger partial charge in [-0.15, -0.1) is 0 Å². The summed E-state index contributed by atoms with van der Waals surface area (Å²) in [5, 5.41) is 2.90. The van der Waals surface area contributed by atoms with E-state index >= 15 is 0 Å². The Morgan fingerprint density at radius 1 is 1.00 bits per heavy atom. The molecule has 1 saturated carbocycles. The van der Waals surface area contributed by atoms with Crippen LogP contribution in [0.3, 0.4) is 0 Å². The maximum absolute atomic E-state index is 13.1. The first kappa shape index (κ1) is 28.6. The number of benzene rings is 2. The summed E-state index contributed by atoms with van der Waals surface area (Å²) >= 11 is 0. The van der Waals surface area contributed by atoms with E-state index in [0.717, 1.165) is 24.2 Å². The molecule has 2 aromatic carbocycles. The van der Waals surface area contributed by atoms with Crippen molar-refractivity contribution in [3.05, 3.63) is 59.7 Å². The number of hydrogen-bond donors (Lipinski definition) is 1. The molecule has 0 aromatic heterocycles. The van der Waals surface area contributed by atoms with E-state index < -0.39 is 21.9 Å². The summed E-state index contributed by atoms with van der Waals surface area (Å²) in [6.07, 6.45) is -2.34. The zero-order chi connectivity index (χ0) is 27.7. The van der Waals surface area contributed by atoms with Gasteiger partial charge in [-0.05, 0) is 66.5 Å². The van der Waals surface area contributed by atoms with E-state index in [4.69, 9.17) is 0 Å². The predicted molar refractivity (Wildman–Crippen MR) is 143 cm³/mol. The van der Waals surface area contributed by atoms with Gasteiger partial charge in [0.2, 0.25) is 5.91 Å². The highest BCUT2D eigenvalue weighted by Crippen LogP contribution is 2.46. The first-order valence-electron chi connectivity index (χ1n) is 13.3. The Morgan fingerprint density at radius 3 is 2.16 bits per heavy atom. The third-order valence-electron chi connectivity index (χ3n) is 8.27. The van der Waals surface area contributed by atoms with E-state index in [0.29, 0.717) is 18.5 Å². The molecule has 1 aliphatic heterocycles. The van der Waals surface area contributed by atoms with Gasteiger partial charge in [-0.25, -0.2) is 8.42 Å². The molecule has 4 rings (SSSR count). The number of alkyl halides is 3. The molecule has 2 aliphatic rings. The number of nitrogens with one attached hydrogen (secondary N) is 1. The number of carbonyl (C=O) groups is 1. The second kappa shape index (κ2) is 11.0. The third kappa shape index (κ3) is 6.60. The fourth-order valence-corrected chi connectivity index (χ4v) is 6.84. The normalized spacial score (nSPS) is 24.3. The first-order valence-corrected chi connectivity index (χ1v) is 15.0. The van der Waals surface area contributed by atoms with Crippen LogP contribution in [0, 0.1) is 11.3 Å². The molecule has 0 spiro atoms. The minimum atomic E-state index is -4.09. The van der Waals surface area contributed by atoms with E-state index in [1.54, 1.807) is 19.1 Å². The Balaban J connectivity index is 1.33. The van der Waals surface area contributed by atoms with Crippen molar-refractivity contribution in [3.63, 3.8) is 0 Å². The SMILES string of the molecule is CCS(=O)(=O)c1ccc(CC(=O)Nc2ccc(C3CN(C4CCC(C(F)(F)F)CC4)CC3(C)C)cc2)cc1. The number of sulfone groups is 1. The highest BCUT2D eigenvalue weighted by atomic mass is 32.2. The van der Waals surface area contributed by atoms with E-state index in [1.165, 1.54) is 12.1 Å². The number of likely N-dealkylation sites (tertiary alicyclic amines) is 1. The molecule has 5 nitrogen and oxygen atoms in total. The summed E-state index contributed by atoms with van der Waals surface area (Å²) in [6.45, 7) is 7.70. The van der Waals surface area contributed by atoms with Gasteiger partial charge in [0.25, 0.3) is 0 Å². The summed E-state index contributed by atoms with van der Waals surface area (Å²) in [5.41, 5.74) is 2.56. The molecule has 0 bridgehead atoms. The van der Waals surface area contributed by atoms with Crippen LogP contribution in [-0.2, 0) is 21.1 Å². The third-order valence-corrected chi connectivity index (χ3v) is 10.0. The molecule has 1 aliphatic carbocycles. The molecule has 1 atom stereocenters. The number of nitrogens with zero attached hydrogens (tertiary/aromatic N) is 1. The van der Waals surface area contributed by atoms with Crippen molar-refractivity contribution in [2.75, 3.05) is 24.2 Å². The molecule has 208 valence electrons. The molecular formula is C29H37F3N2O3S. The van der Waals surface area contributed by atoms with Gasteiger partial charge in [0, 0.05) is 30.7 Å². The number of rotatable bonds is 7. The molecular weight excluding hydrogens is 513 g/mol. The molecule has 2 fully saturated rings. The van der Waals surface area contributed by atoms with Crippen LogP contribution in [-0.4, -0.2) is 50.3 Å². The van der Waals surface area contributed by atoms with Crippen LogP contribution in [0.4, 0.5) is 18.9 Å². The summed E-state index contributed by atoms with van der Waals surface area (Å²) in [4.78, 5) is 15.2. The lowest BCUT2D eigenvalue weighted by molar-refractivity contribution is -0.184. The number of halogens is 3. The molecule has 38 heavy (non-hydrogen) atoms. The molecule has 2 aromatic rings. The highest BCUT2D eigenvalue weighted by molar-refractivity contribution is 7.91.